The molecule has 92 valence electrons. The van der Waals surface area contributed by atoms with Crippen LogP contribution < -0.4 is 10.3 Å². The maximum Gasteiger partial charge on any atom is 0.573 e. The van der Waals surface area contributed by atoms with Crippen LogP contribution in [0.15, 0.2) is 10.9 Å². The number of ether oxygens (including phenoxy) is 1. The van der Waals surface area contributed by atoms with Crippen molar-refractivity contribution in [2.75, 3.05) is 0 Å². The van der Waals surface area contributed by atoms with E-state index in [0.717, 1.165) is 0 Å². The van der Waals surface area contributed by atoms with Crippen LogP contribution in [0.2, 0.25) is 0 Å². The molecule has 7 nitrogen and oxygen atoms in total. The smallest absolute Gasteiger partial charge is 0.403 e. The number of nitro groups is 1. The van der Waals surface area contributed by atoms with E-state index in [1.54, 1.807) is 4.98 Å². The molecule has 0 saturated carbocycles. The number of pyridine rings is 1. The van der Waals surface area contributed by atoms with E-state index in [9.17, 15) is 32.9 Å². The molecule has 1 N–H and O–H groups in total. The molecule has 0 atom stereocenters. The summed E-state index contributed by atoms with van der Waals surface area (Å²) in [5.41, 5.74) is -3.29. The predicted molar refractivity (Wildman–Crippen MR) is 45.8 cm³/mol. The summed E-state index contributed by atoms with van der Waals surface area (Å²) in [6.45, 7) is 0. The largest absolute Gasteiger partial charge is 0.573 e. The van der Waals surface area contributed by atoms with E-state index in [0.29, 0.717) is 0 Å². The summed E-state index contributed by atoms with van der Waals surface area (Å²) in [5, 5.41) is 10.3. The van der Waals surface area contributed by atoms with Crippen LogP contribution in [0.1, 0.15) is 10.5 Å². The van der Waals surface area contributed by atoms with Crippen LogP contribution in [0.4, 0.5) is 18.9 Å². The first-order valence-corrected chi connectivity index (χ1v) is 3.87. The van der Waals surface area contributed by atoms with Gasteiger partial charge in [0.25, 0.3) is 0 Å². The third-order valence-corrected chi connectivity index (χ3v) is 1.55. The monoisotopic (exact) mass is 252 g/mol. The van der Waals surface area contributed by atoms with E-state index >= 15 is 0 Å². The molecule has 0 spiro atoms. The zero-order chi connectivity index (χ0) is 13.2. The van der Waals surface area contributed by atoms with Crippen molar-refractivity contribution in [3.8, 4) is 5.75 Å². The normalized spacial score (nSPS) is 11.0. The molecule has 0 aromatic carbocycles. The number of alkyl halides is 3. The Hall–Kier alpha value is -2.39. The highest BCUT2D eigenvalue weighted by atomic mass is 19.4. The molecule has 0 aliphatic carbocycles. The summed E-state index contributed by atoms with van der Waals surface area (Å²) in [4.78, 5) is 32.0. The fraction of sp³-hybridized carbons (Fsp3) is 0.143. The minimum Gasteiger partial charge on any atom is -0.403 e. The van der Waals surface area contributed by atoms with E-state index in [-0.39, 0.29) is 12.4 Å². The Morgan fingerprint density at radius 1 is 1.47 bits per heavy atom. The van der Waals surface area contributed by atoms with Gasteiger partial charge in [-0.1, -0.05) is 0 Å². The Labute approximate surface area is 90.0 Å². The summed E-state index contributed by atoms with van der Waals surface area (Å²) in [6.07, 6.45) is -5.25. The Bertz CT molecular complexity index is 521. The molecule has 1 rings (SSSR count). The molecule has 0 fully saturated rings. The molecule has 1 heterocycles. The third kappa shape index (κ3) is 3.03. The lowest BCUT2D eigenvalue weighted by atomic mass is 10.3. The Kier molecular flexibility index (Phi) is 3.16. The number of halogens is 3. The highest BCUT2D eigenvalue weighted by Crippen LogP contribution is 2.25. The van der Waals surface area contributed by atoms with Crippen molar-refractivity contribution in [3.05, 3.63) is 32.2 Å². The standard InChI is InChI=1S/C7H3F3N2O5/c8-7(9,10)17-5-1-4(12(15)16)6(14)11-3(5)2-13/h1-2H,(H,11,14). The van der Waals surface area contributed by atoms with Gasteiger partial charge in [0.1, 0.15) is 5.69 Å². The van der Waals surface area contributed by atoms with Crippen LogP contribution >= 0.6 is 0 Å². The zero-order valence-corrected chi connectivity index (χ0v) is 7.78. The number of hydrogen-bond acceptors (Lipinski definition) is 5. The van der Waals surface area contributed by atoms with E-state index in [4.69, 9.17) is 0 Å². The number of carbonyl (C=O) groups is 1. The molecule has 0 radical (unpaired) electrons. The number of aldehydes is 1. The fourth-order valence-electron chi connectivity index (χ4n) is 0.948. The number of carbonyl (C=O) groups excluding carboxylic acids is 1. The zero-order valence-electron chi connectivity index (χ0n) is 7.78. The Balaban J connectivity index is 3.37. The lowest BCUT2D eigenvalue weighted by molar-refractivity contribution is -0.386. The van der Waals surface area contributed by atoms with Gasteiger partial charge in [-0.3, -0.25) is 19.7 Å². The Morgan fingerprint density at radius 3 is 2.47 bits per heavy atom. The molecular formula is C7H3F3N2O5. The van der Waals surface area contributed by atoms with Gasteiger partial charge in [0.05, 0.1) is 11.0 Å². The van der Waals surface area contributed by atoms with E-state index < -0.39 is 34.0 Å². The highest BCUT2D eigenvalue weighted by Gasteiger charge is 2.33. The molecule has 0 aliphatic heterocycles. The van der Waals surface area contributed by atoms with Crippen LogP contribution in [0.25, 0.3) is 0 Å². The molecule has 10 heteroatoms. The average Bonchev–Trinajstić information content (AvgIpc) is 2.17. The summed E-state index contributed by atoms with van der Waals surface area (Å²) < 4.78 is 39.0. The van der Waals surface area contributed by atoms with E-state index in [2.05, 4.69) is 4.74 Å². The second-order valence-electron chi connectivity index (χ2n) is 2.68. The number of nitrogens with one attached hydrogen (secondary N) is 1. The molecule has 0 aliphatic rings. The predicted octanol–water partition coefficient (Wildman–Crippen LogP) is 0.994. The van der Waals surface area contributed by atoms with Crippen molar-refractivity contribution in [1.82, 2.24) is 4.98 Å². The lowest BCUT2D eigenvalue weighted by Gasteiger charge is -2.09. The minimum atomic E-state index is -5.14. The highest BCUT2D eigenvalue weighted by molar-refractivity contribution is 5.76. The molecule has 1 aromatic heterocycles. The van der Waals surface area contributed by atoms with Gasteiger partial charge in [0.2, 0.25) is 0 Å². The molecule has 17 heavy (non-hydrogen) atoms. The fourth-order valence-corrected chi connectivity index (χ4v) is 0.948. The number of aromatic amines is 1. The molecular weight excluding hydrogens is 249 g/mol. The Morgan fingerprint density at radius 2 is 2.06 bits per heavy atom. The maximum absolute atomic E-state index is 11.9. The number of rotatable bonds is 3. The van der Waals surface area contributed by atoms with Gasteiger partial charge in [-0.2, -0.15) is 0 Å². The van der Waals surface area contributed by atoms with Gasteiger partial charge in [0.15, 0.2) is 12.0 Å². The second-order valence-corrected chi connectivity index (χ2v) is 2.68. The number of hydrogen-bond donors (Lipinski definition) is 1. The van der Waals surface area contributed by atoms with Crippen molar-refractivity contribution < 1.29 is 27.6 Å². The van der Waals surface area contributed by atoms with Crippen molar-refractivity contribution in [2.45, 2.75) is 6.36 Å². The van der Waals surface area contributed by atoms with Gasteiger partial charge < -0.3 is 9.72 Å². The second kappa shape index (κ2) is 4.23. The first kappa shape index (κ1) is 12.7. The quantitative estimate of drug-likeness (QED) is 0.491. The summed E-state index contributed by atoms with van der Waals surface area (Å²) in [6, 6.07) is 0.232. The van der Waals surface area contributed by atoms with Gasteiger partial charge in [-0.15, -0.1) is 13.2 Å². The van der Waals surface area contributed by atoms with Crippen LogP contribution in [0.3, 0.4) is 0 Å². The van der Waals surface area contributed by atoms with Crippen LogP contribution in [-0.2, 0) is 0 Å². The number of nitrogens with zero attached hydrogens (tertiary/aromatic N) is 1. The number of aromatic nitrogens is 1. The van der Waals surface area contributed by atoms with Crippen LogP contribution in [-0.4, -0.2) is 22.6 Å². The van der Waals surface area contributed by atoms with Crippen molar-refractivity contribution in [1.29, 1.82) is 0 Å². The van der Waals surface area contributed by atoms with Gasteiger partial charge in [-0.05, 0) is 0 Å². The summed E-state index contributed by atoms with van der Waals surface area (Å²) in [7, 11) is 0. The SMILES string of the molecule is O=Cc1[nH]c(=O)c([N+](=O)[O-])cc1OC(F)(F)F. The summed E-state index contributed by atoms with van der Waals surface area (Å²) >= 11 is 0. The molecule has 0 amide bonds. The summed E-state index contributed by atoms with van der Waals surface area (Å²) in [5.74, 6) is -1.14. The minimum absolute atomic E-state index is 0.119. The third-order valence-electron chi connectivity index (χ3n) is 1.55. The number of H-pyrrole nitrogens is 1. The first-order chi connectivity index (χ1) is 7.74. The van der Waals surface area contributed by atoms with Crippen LogP contribution in [0, 0.1) is 10.1 Å². The van der Waals surface area contributed by atoms with Crippen LogP contribution in [0.5, 0.6) is 5.75 Å². The van der Waals surface area contributed by atoms with E-state index in [1.165, 1.54) is 0 Å². The first-order valence-electron chi connectivity index (χ1n) is 3.87. The topological polar surface area (TPSA) is 102 Å². The molecule has 1 aromatic rings. The van der Waals surface area contributed by atoms with Gasteiger partial charge in [0, 0.05) is 0 Å². The average molecular weight is 252 g/mol. The van der Waals surface area contributed by atoms with E-state index in [1.807, 2.05) is 0 Å². The van der Waals surface area contributed by atoms with Gasteiger partial charge >= 0.3 is 17.6 Å². The van der Waals surface area contributed by atoms with Crippen molar-refractivity contribution >= 4 is 12.0 Å². The maximum atomic E-state index is 11.9. The van der Waals surface area contributed by atoms with Crippen molar-refractivity contribution in [3.63, 3.8) is 0 Å². The molecule has 0 saturated heterocycles. The lowest BCUT2D eigenvalue weighted by Crippen LogP contribution is -2.21. The van der Waals surface area contributed by atoms with Gasteiger partial charge in [-0.25, -0.2) is 0 Å². The molecule has 0 bridgehead atoms. The van der Waals surface area contributed by atoms with Crippen molar-refractivity contribution in [2.24, 2.45) is 0 Å². The molecule has 0 unspecified atom stereocenters.